The molecule has 0 bridgehead atoms. The fourth-order valence-electron chi connectivity index (χ4n) is 2.62. The molecule has 6 heteroatoms. The summed E-state index contributed by atoms with van der Waals surface area (Å²) < 4.78 is 13.1. The van der Waals surface area contributed by atoms with Gasteiger partial charge in [0.05, 0.1) is 12.1 Å². The summed E-state index contributed by atoms with van der Waals surface area (Å²) in [5, 5.41) is 5.50. The molecule has 3 nitrogen and oxygen atoms in total. The second-order valence-corrected chi connectivity index (χ2v) is 7.19. The van der Waals surface area contributed by atoms with Gasteiger partial charge < -0.3 is 5.32 Å². The van der Waals surface area contributed by atoms with Crippen LogP contribution in [0.5, 0.6) is 0 Å². The molecule has 1 aromatic carbocycles. The summed E-state index contributed by atoms with van der Waals surface area (Å²) in [6.07, 6.45) is 8.72. The van der Waals surface area contributed by atoms with Crippen molar-refractivity contribution in [2.45, 2.75) is 26.2 Å². The van der Waals surface area contributed by atoms with Crippen LogP contribution in [0.4, 0.5) is 9.52 Å². The van der Waals surface area contributed by atoms with Gasteiger partial charge in [0.1, 0.15) is 5.82 Å². The minimum Gasteiger partial charge on any atom is -0.302 e. The predicted octanol–water partition coefficient (Wildman–Crippen LogP) is 5.49. The molecule has 1 aliphatic carbocycles. The molecule has 1 unspecified atom stereocenters. The van der Waals surface area contributed by atoms with Crippen molar-refractivity contribution in [1.82, 2.24) is 4.98 Å². The van der Waals surface area contributed by atoms with Gasteiger partial charge in [-0.05, 0) is 42.0 Å². The van der Waals surface area contributed by atoms with E-state index in [-0.39, 0.29) is 17.4 Å². The standard InChI is InChI=1S/C19H18ClFN2OS/c1-2-12-3-5-13(6-4-12)17-11-25-19(22-17)23-18(24)9-14-7-8-15(21)10-16(14)20/h3,5-8,10-12H,2,4,9H2,1H3,(H,22,23,24). The first-order valence-electron chi connectivity index (χ1n) is 8.13. The van der Waals surface area contributed by atoms with Crippen molar-refractivity contribution < 1.29 is 9.18 Å². The Hall–Kier alpha value is -1.98. The molecule has 1 heterocycles. The largest absolute Gasteiger partial charge is 0.302 e. The van der Waals surface area contributed by atoms with E-state index >= 15 is 0 Å². The zero-order valence-corrected chi connectivity index (χ0v) is 15.3. The lowest BCUT2D eigenvalue weighted by molar-refractivity contribution is -0.115. The zero-order valence-electron chi connectivity index (χ0n) is 13.8. The quantitative estimate of drug-likeness (QED) is 0.750. The smallest absolute Gasteiger partial charge is 0.230 e. The molecule has 1 N–H and O–H groups in total. The maximum atomic E-state index is 13.1. The first kappa shape index (κ1) is 17.8. The highest BCUT2D eigenvalue weighted by atomic mass is 35.5. The number of carbonyl (C=O) groups is 1. The third-order valence-corrected chi connectivity index (χ3v) is 5.23. The van der Waals surface area contributed by atoms with Crippen molar-refractivity contribution in [2.24, 2.45) is 5.92 Å². The Bertz CT molecular complexity index is 844. The molecule has 130 valence electrons. The first-order chi connectivity index (χ1) is 12.0. The number of rotatable bonds is 5. The van der Waals surface area contributed by atoms with Gasteiger partial charge in [0.15, 0.2) is 5.13 Å². The Morgan fingerprint density at radius 3 is 3.00 bits per heavy atom. The summed E-state index contributed by atoms with van der Waals surface area (Å²) in [4.78, 5) is 16.6. The van der Waals surface area contributed by atoms with E-state index in [1.807, 2.05) is 5.38 Å². The average Bonchev–Trinajstić information content (AvgIpc) is 3.06. The van der Waals surface area contributed by atoms with E-state index in [0.717, 1.165) is 24.1 Å². The van der Waals surface area contributed by atoms with Crippen LogP contribution in [0, 0.1) is 11.7 Å². The van der Waals surface area contributed by atoms with Gasteiger partial charge in [0.2, 0.25) is 5.91 Å². The van der Waals surface area contributed by atoms with Gasteiger partial charge in [-0.15, -0.1) is 11.3 Å². The number of carbonyl (C=O) groups excluding carboxylic acids is 1. The average molecular weight is 377 g/mol. The number of hydrogen-bond donors (Lipinski definition) is 1. The lowest BCUT2D eigenvalue weighted by atomic mass is 9.94. The van der Waals surface area contributed by atoms with Crippen LogP contribution in [0.2, 0.25) is 5.02 Å². The number of halogens is 2. The van der Waals surface area contributed by atoms with Gasteiger partial charge in [0, 0.05) is 10.4 Å². The molecule has 1 aromatic heterocycles. The topological polar surface area (TPSA) is 42.0 Å². The lowest BCUT2D eigenvalue weighted by Crippen LogP contribution is -2.14. The van der Waals surface area contributed by atoms with Gasteiger partial charge in [-0.2, -0.15) is 0 Å². The number of anilines is 1. The second kappa shape index (κ2) is 7.93. The van der Waals surface area contributed by atoms with Crippen LogP contribution >= 0.6 is 22.9 Å². The van der Waals surface area contributed by atoms with E-state index in [9.17, 15) is 9.18 Å². The minimum absolute atomic E-state index is 0.0782. The van der Waals surface area contributed by atoms with Crippen molar-refractivity contribution in [2.75, 3.05) is 5.32 Å². The highest BCUT2D eigenvalue weighted by Gasteiger charge is 2.13. The first-order valence-corrected chi connectivity index (χ1v) is 9.39. The molecule has 1 atom stereocenters. The molecule has 0 aliphatic heterocycles. The molecule has 0 saturated carbocycles. The summed E-state index contributed by atoms with van der Waals surface area (Å²) in [5.41, 5.74) is 2.54. The van der Waals surface area contributed by atoms with Crippen LogP contribution in [0.15, 0.2) is 41.8 Å². The van der Waals surface area contributed by atoms with Crippen LogP contribution < -0.4 is 5.32 Å². The van der Waals surface area contributed by atoms with Crippen molar-refractivity contribution >= 4 is 39.5 Å². The molecular formula is C19H18ClFN2OS. The van der Waals surface area contributed by atoms with Crippen LogP contribution in [0.3, 0.4) is 0 Å². The number of nitrogens with one attached hydrogen (secondary N) is 1. The van der Waals surface area contributed by atoms with Crippen LogP contribution in [0.1, 0.15) is 31.0 Å². The molecule has 0 fully saturated rings. The Kier molecular flexibility index (Phi) is 5.66. The van der Waals surface area contributed by atoms with Gasteiger partial charge in [-0.25, -0.2) is 9.37 Å². The SMILES string of the molecule is CCC1C=CC(c2csc(NC(=O)Cc3ccc(F)cc3Cl)n2)=CC1. The normalized spacial score (nSPS) is 16.6. The summed E-state index contributed by atoms with van der Waals surface area (Å²) in [6.45, 7) is 2.18. The van der Waals surface area contributed by atoms with Crippen molar-refractivity contribution in [1.29, 1.82) is 0 Å². The number of aromatic nitrogens is 1. The van der Waals surface area contributed by atoms with E-state index in [0.29, 0.717) is 16.6 Å². The lowest BCUT2D eigenvalue weighted by Gasteiger charge is -2.12. The van der Waals surface area contributed by atoms with E-state index in [1.165, 1.54) is 29.5 Å². The monoisotopic (exact) mass is 376 g/mol. The zero-order chi connectivity index (χ0) is 17.8. The summed E-state index contributed by atoms with van der Waals surface area (Å²) in [6, 6.07) is 4.02. The fourth-order valence-corrected chi connectivity index (χ4v) is 3.59. The highest BCUT2D eigenvalue weighted by molar-refractivity contribution is 7.14. The molecule has 0 radical (unpaired) electrons. The maximum Gasteiger partial charge on any atom is 0.230 e. The van der Waals surface area contributed by atoms with Crippen LogP contribution in [-0.4, -0.2) is 10.9 Å². The molecule has 0 spiro atoms. The summed E-state index contributed by atoms with van der Waals surface area (Å²) in [7, 11) is 0. The van der Waals surface area contributed by atoms with Crippen molar-refractivity contribution in [3.8, 4) is 0 Å². The van der Waals surface area contributed by atoms with Crippen LogP contribution in [0.25, 0.3) is 5.57 Å². The Morgan fingerprint density at radius 2 is 2.32 bits per heavy atom. The third-order valence-electron chi connectivity index (χ3n) is 4.13. The van der Waals surface area contributed by atoms with Crippen LogP contribution in [-0.2, 0) is 11.2 Å². The number of hydrogen-bond acceptors (Lipinski definition) is 3. The van der Waals surface area contributed by atoms with Crippen molar-refractivity contribution in [3.63, 3.8) is 0 Å². The van der Waals surface area contributed by atoms with E-state index in [4.69, 9.17) is 11.6 Å². The maximum absolute atomic E-state index is 13.1. The van der Waals surface area contributed by atoms with Gasteiger partial charge in [0.25, 0.3) is 0 Å². The Balaban J connectivity index is 1.62. The summed E-state index contributed by atoms with van der Waals surface area (Å²) in [5.74, 6) is -0.0477. The number of amides is 1. The Morgan fingerprint density at radius 1 is 1.48 bits per heavy atom. The second-order valence-electron chi connectivity index (χ2n) is 5.92. The van der Waals surface area contributed by atoms with Gasteiger partial charge >= 0.3 is 0 Å². The number of allylic oxidation sites excluding steroid dienone is 4. The fraction of sp³-hybridized carbons (Fsp3) is 0.263. The molecule has 1 aliphatic rings. The number of nitrogens with zero attached hydrogens (tertiary/aromatic N) is 1. The Labute approximate surface area is 155 Å². The number of benzene rings is 1. The van der Waals surface area contributed by atoms with E-state index in [1.54, 1.807) is 0 Å². The minimum atomic E-state index is -0.419. The van der Waals surface area contributed by atoms with Crippen molar-refractivity contribution in [3.05, 3.63) is 63.9 Å². The molecule has 2 aromatic rings. The molecule has 0 saturated heterocycles. The molecule has 25 heavy (non-hydrogen) atoms. The number of thiazole rings is 1. The third kappa shape index (κ3) is 4.55. The van der Waals surface area contributed by atoms with Gasteiger partial charge in [-0.3, -0.25) is 4.79 Å². The van der Waals surface area contributed by atoms with Gasteiger partial charge in [-0.1, -0.05) is 42.8 Å². The van der Waals surface area contributed by atoms with E-state index in [2.05, 4.69) is 35.5 Å². The predicted molar refractivity (Wildman–Crippen MR) is 101 cm³/mol. The molecule has 3 rings (SSSR count). The van der Waals surface area contributed by atoms with E-state index < -0.39 is 5.82 Å². The molecule has 1 amide bonds. The summed E-state index contributed by atoms with van der Waals surface area (Å²) >= 11 is 7.34. The molecular weight excluding hydrogens is 359 g/mol. The highest BCUT2D eigenvalue weighted by Crippen LogP contribution is 2.28.